The summed E-state index contributed by atoms with van der Waals surface area (Å²) in [4.78, 5) is 10.2. The topological polar surface area (TPSA) is 98.6 Å². The van der Waals surface area contributed by atoms with Gasteiger partial charge in [0.2, 0.25) is 0 Å². The maximum atomic E-state index is 10.2. The quantitative estimate of drug-likeness (QED) is 0.626. The van der Waals surface area contributed by atoms with Crippen LogP contribution in [0.25, 0.3) is 0 Å². The second kappa shape index (κ2) is 8.98. The minimum Gasteiger partial charge on any atom is -0.481 e. The molecule has 128 valence electrons. The van der Waals surface area contributed by atoms with E-state index in [1.165, 1.54) is 0 Å². The summed E-state index contributed by atoms with van der Waals surface area (Å²) < 4.78 is 5.58. The molecule has 0 aliphatic rings. The number of ether oxygens (including phenoxy) is 1. The van der Waals surface area contributed by atoms with Crippen LogP contribution in [-0.4, -0.2) is 11.1 Å². The van der Waals surface area contributed by atoms with Crippen LogP contribution in [0.2, 0.25) is 0 Å². The lowest BCUT2D eigenvalue weighted by Crippen LogP contribution is -2.00. The predicted octanol–water partition coefficient (Wildman–Crippen LogP) is 3.96. The smallest absolute Gasteiger partial charge is 0.307 e. The van der Waals surface area contributed by atoms with Crippen molar-refractivity contribution in [1.82, 2.24) is 0 Å². The highest BCUT2D eigenvalue weighted by Gasteiger charge is 1.98. The second-order valence-electron chi connectivity index (χ2n) is 5.30. The van der Waals surface area contributed by atoms with E-state index in [0.717, 1.165) is 22.7 Å². The molecule has 0 unspecified atom stereocenters. The average Bonchev–Trinajstić information content (AvgIpc) is 2.58. The molecule has 25 heavy (non-hydrogen) atoms. The van der Waals surface area contributed by atoms with Crippen molar-refractivity contribution in [3.05, 3.63) is 84.4 Å². The largest absolute Gasteiger partial charge is 0.481 e. The van der Waals surface area contributed by atoms with Gasteiger partial charge in [0.15, 0.2) is 0 Å². The number of anilines is 2. The van der Waals surface area contributed by atoms with Crippen LogP contribution in [0.4, 0.5) is 11.4 Å². The van der Waals surface area contributed by atoms with Crippen molar-refractivity contribution in [3.8, 4) is 11.5 Å². The van der Waals surface area contributed by atoms with Gasteiger partial charge in [-0.3, -0.25) is 4.79 Å². The molecule has 0 aliphatic carbocycles. The Hall–Kier alpha value is -3.47. The van der Waals surface area contributed by atoms with Gasteiger partial charge in [0.05, 0.1) is 6.42 Å². The molecule has 0 aromatic heterocycles. The third kappa shape index (κ3) is 6.66. The first kappa shape index (κ1) is 17.9. The van der Waals surface area contributed by atoms with Crippen molar-refractivity contribution in [2.24, 2.45) is 0 Å². The molecule has 0 bridgehead atoms. The fourth-order valence-corrected chi connectivity index (χ4v) is 2.04. The SMILES string of the molecule is Nc1ccc(Oc2ccccc2)cc1.Nc1cccc(CC(=O)O)c1. The maximum Gasteiger partial charge on any atom is 0.307 e. The van der Waals surface area contributed by atoms with E-state index in [-0.39, 0.29) is 6.42 Å². The van der Waals surface area contributed by atoms with E-state index in [1.807, 2.05) is 54.6 Å². The standard InChI is InChI=1S/C12H11NO.C8H9NO2/c13-10-6-8-12(9-7-10)14-11-4-2-1-3-5-11;9-7-3-1-2-6(4-7)5-8(10)11/h1-9H,13H2;1-4H,5,9H2,(H,10,11). The summed E-state index contributed by atoms with van der Waals surface area (Å²) in [6, 6.07) is 23.9. The number of hydrogen-bond donors (Lipinski definition) is 3. The van der Waals surface area contributed by atoms with Crippen LogP contribution in [0, 0.1) is 0 Å². The van der Waals surface area contributed by atoms with Gasteiger partial charge < -0.3 is 21.3 Å². The first-order chi connectivity index (χ1) is 12.0. The molecule has 3 rings (SSSR count). The molecule has 5 N–H and O–H groups in total. The number of carboxylic acid groups (broad SMARTS) is 1. The van der Waals surface area contributed by atoms with E-state index in [4.69, 9.17) is 21.3 Å². The molecule has 0 spiro atoms. The number of carbonyl (C=O) groups is 1. The van der Waals surface area contributed by atoms with Crippen molar-refractivity contribution < 1.29 is 14.6 Å². The van der Waals surface area contributed by atoms with Gasteiger partial charge in [0.25, 0.3) is 0 Å². The molecule has 0 atom stereocenters. The lowest BCUT2D eigenvalue weighted by Gasteiger charge is -2.04. The summed E-state index contributed by atoms with van der Waals surface area (Å²) in [5.74, 6) is 0.790. The third-order valence-electron chi connectivity index (χ3n) is 3.17. The lowest BCUT2D eigenvalue weighted by atomic mass is 10.1. The Kier molecular flexibility index (Phi) is 6.42. The molecular weight excluding hydrogens is 316 g/mol. The van der Waals surface area contributed by atoms with Crippen molar-refractivity contribution in [2.45, 2.75) is 6.42 Å². The molecule has 0 amide bonds. The van der Waals surface area contributed by atoms with E-state index >= 15 is 0 Å². The van der Waals surface area contributed by atoms with E-state index in [2.05, 4.69) is 0 Å². The highest BCUT2D eigenvalue weighted by atomic mass is 16.5. The molecular formula is C20H20N2O3. The fraction of sp³-hybridized carbons (Fsp3) is 0.0500. The first-order valence-electron chi connectivity index (χ1n) is 7.67. The Balaban J connectivity index is 0.000000186. The number of nitrogens with two attached hydrogens (primary N) is 2. The monoisotopic (exact) mass is 336 g/mol. The van der Waals surface area contributed by atoms with E-state index in [0.29, 0.717) is 5.69 Å². The summed E-state index contributed by atoms with van der Waals surface area (Å²) >= 11 is 0. The van der Waals surface area contributed by atoms with Gasteiger partial charge >= 0.3 is 5.97 Å². The highest BCUT2D eigenvalue weighted by Crippen LogP contribution is 2.21. The highest BCUT2D eigenvalue weighted by molar-refractivity contribution is 5.70. The van der Waals surface area contributed by atoms with Crippen LogP contribution in [0.15, 0.2) is 78.9 Å². The molecule has 5 heteroatoms. The van der Waals surface area contributed by atoms with E-state index in [1.54, 1.807) is 24.3 Å². The summed E-state index contributed by atoms with van der Waals surface area (Å²) in [5, 5.41) is 8.42. The van der Waals surface area contributed by atoms with Crippen molar-refractivity contribution >= 4 is 17.3 Å². The fourth-order valence-electron chi connectivity index (χ4n) is 2.04. The number of aliphatic carboxylic acids is 1. The number of benzene rings is 3. The molecule has 0 radical (unpaired) electrons. The van der Waals surface area contributed by atoms with Gasteiger partial charge in [0, 0.05) is 11.4 Å². The molecule has 0 fully saturated rings. The number of nitrogen functional groups attached to an aromatic ring is 2. The molecule has 0 aliphatic heterocycles. The van der Waals surface area contributed by atoms with Gasteiger partial charge in [-0.05, 0) is 54.1 Å². The zero-order valence-corrected chi connectivity index (χ0v) is 13.6. The Morgan fingerprint density at radius 3 is 2.04 bits per heavy atom. The Morgan fingerprint density at radius 2 is 1.44 bits per heavy atom. The zero-order valence-electron chi connectivity index (χ0n) is 13.6. The summed E-state index contributed by atoms with van der Waals surface area (Å²) in [5.41, 5.74) is 13.1. The van der Waals surface area contributed by atoms with Crippen LogP contribution in [-0.2, 0) is 11.2 Å². The van der Waals surface area contributed by atoms with Crippen LogP contribution >= 0.6 is 0 Å². The van der Waals surface area contributed by atoms with E-state index < -0.39 is 5.97 Å². The van der Waals surface area contributed by atoms with Crippen molar-refractivity contribution in [3.63, 3.8) is 0 Å². The molecule has 3 aromatic carbocycles. The molecule has 5 nitrogen and oxygen atoms in total. The molecule has 0 saturated heterocycles. The van der Waals surface area contributed by atoms with Gasteiger partial charge in [-0.25, -0.2) is 0 Å². The number of carboxylic acids is 1. The van der Waals surface area contributed by atoms with Crippen LogP contribution in [0.1, 0.15) is 5.56 Å². The Labute approximate surface area is 146 Å². The number of hydrogen-bond acceptors (Lipinski definition) is 4. The summed E-state index contributed by atoms with van der Waals surface area (Å²) in [7, 11) is 0. The Bertz CT molecular complexity index is 803. The first-order valence-corrected chi connectivity index (χ1v) is 7.67. The Morgan fingerprint density at radius 1 is 0.800 bits per heavy atom. The van der Waals surface area contributed by atoms with Gasteiger partial charge in [-0.2, -0.15) is 0 Å². The van der Waals surface area contributed by atoms with Crippen molar-refractivity contribution in [2.75, 3.05) is 11.5 Å². The normalized spacial score (nSPS) is 9.60. The maximum absolute atomic E-state index is 10.2. The summed E-state index contributed by atoms with van der Waals surface area (Å²) in [6.45, 7) is 0. The molecule has 3 aromatic rings. The van der Waals surface area contributed by atoms with Crippen LogP contribution in [0.3, 0.4) is 0 Å². The van der Waals surface area contributed by atoms with E-state index in [9.17, 15) is 4.79 Å². The minimum absolute atomic E-state index is 0.0328. The predicted molar refractivity (Wildman–Crippen MR) is 99.6 cm³/mol. The zero-order chi connectivity index (χ0) is 18.1. The molecule has 0 heterocycles. The van der Waals surface area contributed by atoms with Crippen molar-refractivity contribution in [1.29, 1.82) is 0 Å². The minimum atomic E-state index is -0.837. The van der Waals surface area contributed by atoms with Gasteiger partial charge in [-0.1, -0.05) is 30.3 Å². The number of para-hydroxylation sites is 1. The second-order valence-corrected chi connectivity index (χ2v) is 5.30. The van der Waals surface area contributed by atoms with Gasteiger partial charge in [0.1, 0.15) is 11.5 Å². The summed E-state index contributed by atoms with van der Waals surface area (Å²) in [6.07, 6.45) is 0.0328. The number of rotatable bonds is 4. The lowest BCUT2D eigenvalue weighted by molar-refractivity contribution is -0.136. The van der Waals surface area contributed by atoms with Gasteiger partial charge in [-0.15, -0.1) is 0 Å². The molecule has 0 saturated carbocycles. The van der Waals surface area contributed by atoms with Crippen LogP contribution in [0.5, 0.6) is 11.5 Å². The average molecular weight is 336 g/mol. The third-order valence-corrected chi connectivity index (χ3v) is 3.17. The van der Waals surface area contributed by atoms with Crippen LogP contribution < -0.4 is 16.2 Å².